The summed E-state index contributed by atoms with van der Waals surface area (Å²) in [7, 11) is 3.38. The first-order chi connectivity index (χ1) is 19.0. The molecule has 2 atom stereocenters. The molecule has 7 nitrogen and oxygen atoms in total. The Bertz CT molecular complexity index is 1150. The van der Waals surface area contributed by atoms with Crippen molar-refractivity contribution in [2.75, 3.05) is 30.9 Å². The van der Waals surface area contributed by atoms with Crippen LogP contribution >= 0.6 is 15.9 Å². The molecule has 1 N–H and O–H groups in total. The van der Waals surface area contributed by atoms with E-state index in [0.717, 1.165) is 48.9 Å². The smallest absolute Gasteiger partial charge is 0.306 e. The maximum Gasteiger partial charge on any atom is 0.306 e. The second kappa shape index (κ2) is 12.8. The molecular formula is C32H42BrN3O4. The van der Waals surface area contributed by atoms with Crippen LogP contribution in [0.2, 0.25) is 0 Å². The molecule has 0 saturated heterocycles. The molecule has 2 amide bonds. The third-order valence-electron chi connectivity index (χ3n) is 8.19. The van der Waals surface area contributed by atoms with Gasteiger partial charge in [0.15, 0.2) is 6.61 Å². The quantitative estimate of drug-likeness (QED) is 0.198. The van der Waals surface area contributed by atoms with Gasteiger partial charge in [0.25, 0.3) is 5.91 Å². The number of para-hydroxylation sites is 1. The van der Waals surface area contributed by atoms with E-state index < -0.39 is 0 Å². The van der Waals surface area contributed by atoms with Gasteiger partial charge in [-0.15, -0.1) is 0 Å². The zero-order chi connectivity index (χ0) is 28.9. The fourth-order valence-electron chi connectivity index (χ4n) is 7.28. The highest BCUT2D eigenvalue weighted by Gasteiger charge is 2.57. The Labute approximate surface area is 246 Å². The molecule has 4 fully saturated rings. The number of benzene rings is 2. The number of hydrogen-bond donors (Lipinski definition) is 1. The lowest BCUT2D eigenvalue weighted by molar-refractivity contribution is -0.153. The fourth-order valence-corrected chi connectivity index (χ4v) is 8.79. The molecule has 0 radical (unpaired) electrons. The second-order valence-corrected chi connectivity index (χ2v) is 14.1. The Morgan fingerprint density at radius 2 is 1.57 bits per heavy atom. The maximum absolute atomic E-state index is 12.7. The van der Waals surface area contributed by atoms with Crippen molar-refractivity contribution >= 4 is 51.3 Å². The first kappa shape index (κ1) is 30.1. The van der Waals surface area contributed by atoms with Gasteiger partial charge in [0.05, 0.1) is 6.42 Å². The van der Waals surface area contributed by atoms with Crippen molar-refractivity contribution in [2.45, 2.75) is 69.2 Å². The number of anilines is 3. The Hall–Kier alpha value is -2.87. The van der Waals surface area contributed by atoms with E-state index in [9.17, 15) is 14.4 Å². The minimum atomic E-state index is -0.308. The lowest BCUT2D eigenvalue weighted by Crippen LogP contribution is -2.53. The molecule has 2 unspecified atom stereocenters. The molecule has 0 aromatic heterocycles. The fraction of sp³-hybridized carbons (Fsp3) is 0.531. The number of alkyl halides is 1. The van der Waals surface area contributed by atoms with Crippen molar-refractivity contribution in [3.05, 3.63) is 54.6 Å². The third-order valence-corrected chi connectivity index (χ3v) is 9.11. The summed E-state index contributed by atoms with van der Waals surface area (Å²) in [4.78, 5) is 38.3. The summed E-state index contributed by atoms with van der Waals surface area (Å²) in [5, 5.41) is 2.86. The molecule has 8 heteroatoms. The Kier molecular flexibility index (Phi) is 9.60. The predicted molar refractivity (Wildman–Crippen MR) is 163 cm³/mol. The lowest BCUT2D eigenvalue weighted by Gasteiger charge is -2.60. The van der Waals surface area contributed by atoms with E-state index in [1.807, 2.05) is 42.5 Å². The highest BCUT2D eigenvalue weighted by Crippen LogP contribution is 2.65. The Morgan fingerprint density at radius 1 is 1.00 bits per heavy atom. The normalized spacial score (nSPS) is 25.9. The number of halogens is 1. The first-order valence-corrected chi connectivity index (χ1v) is 15.0. The maximum atomic E-state index is 12.7. The molecule has 0 aliphatic heterocycles. The number of amides is 2. The van der Waals surface area contributed by atoms with Gasteiger partial charge in [0.2, 0.25) is 6.41 Å². The van der Waals surface area contributed by atoms with Crippen LogP contribution in [-0.4, -0.2) is 54.3 Å². The average Bonchev–Trinajstić information content (AvgIpc) is 2.88. The van der Waals surface area contributed by atoms with Crippen molar-refractivity contribution < 1.29 is 19.1 Å². The monoisotopic (exact) mass is 611 g/mol. The number of hydrogen-bond acceptors (Lipinski definition) is 5. The zero-order valence-corrected chi connectivity index (χ0v) is 25.7. The minimum Gasteiger partial charge on any atom is -0.456 e. The zero-order valence-electron chi connectivity index (χ0n) is 24.1. The van der Waals surface area contributed by atoms with E-state index >= 15 is 0 Å². The molecule has 40 heavy (non-hydrogen) atoms. The van der Waals surface area contributed by atoms with Crippen LogP contribution in [0.3, 0.4) is 0 Å². The van der Waals surface area contributed by atoms with E-state index in [2.05, 4.69) is 52.1 Å². The number of ether oxygens (including phenoxy) is 1. The van der Waals surface area contributed by atoms with E-state index in [4.69, 9.17) is 4.74 Å². The van der Waals surface area contributed by atoms with E-state index in [1.165, 1.54) is 24.2 Å². The highest BCUT2D eigenvalue weighted by molar-refractivity contribution is 9.10. The Balaban J connectivity index is 0.000000681. The average molecular weight is 613 g/mol. The SMILES string of the molecule is CC(C)N(c1ccccc1)c1ccc(NC(=O)COC(=O)CC23CC4CC(CC(Br)(C4)C2)C3)cc1.CN(C)C=O. The second-order valence-electron chi connectivity index (χ2n) is 12.4. The van der Waals surface area contributed by atoms with Crippen LogP contribution in [0.5, 0.6) is 0 Å². The van der Waals surface area contributed by atoms with Crippen molar-refractivity contribution in [3.63, 3.8) is 0 Å². The molecule has 2 aromatic rings. The van der Waals surface area contributed by atoms with Gasteiger partial charge in [-0.25, -0.2) is 0 Å². The van der Waals surface area contributed by atoms with Gasteiger partial charge in [0, 0.05) is 41.5 Å². The molecule has 4 bridgehead atoms. The van der Waals surface area contributed by atoms with Gasteiger partial charge in [-0.3, -0.25) is 14.4 Å². The van der Waals surface area contributed by atoms with Crippen LogP contribution in [0, 0.1) is 17.3 Å². The van der Waals surface area contributed by atoms with Crippen LogP contribution in [0.1, 0.15) is 58.8 Å². The molecule has 0 spiro atoms. The molecular weight excluding hydrogens is 570 g/mol. The predicted octanol–water partition coefficient (Wildman–Crippen LogP) is 6.54. The van der Waals surface area contributed by atoms with Gasteiger partial charge in [-0.2, -0.15) is 0 Å². The van der Waals surface area contributed by atoms with Gasteiger partial charge >= 0.3 is 5.97 Å². The van der Waals surface area contributed by atoms with Crippen LogP contribution < -0.4 is 10.2 Å². The van der Waals surface area contributed by atoms with Gasteiger partial charge in [-0.05, 0) is 106 Å². The molecule has 0 heterocycles. The first-order valence-electron chi connectivity index (χ1n) is 14.2. The summed E-state index contributed by atoms with van der Waals surface area (Å²) in [6.07, 6.45) is 8.27. The highest BCUT2D eigenvalue weighted by atomic mass is 79.9. The van der Waals surface area contributed by atoms with Crippen molar-refractivity contribution in [1.29, 1.82) is 0 Å². The standard InChI is InChI=1S/C29H35BrN2O3.C3H7NO/c1-20(2)32(24-6-4-3-5-7-24)25-10-8-23(9-11-25)31-26(33)18-35-27(34)17-28-13-21-12-22(14-28)16-29(30,15-21)19-28;1-4(2)3-5/h3-11,20-22H,12-19H2,1-2H3,(H,31,33);3H,1-2H3. The number of carbonyl (C=O) groups is 3. The van der Waals surface area contributed by atoms with Crippen LogP contribution in [0.4, 0.5) is 17.1 Å². The summed E-state index contributed by atoms with van der Waals surface area (Å²) in [6, 6.07) is 18.3. The summed E-state index contributed by atoms with van der Waals surface area (Å²) in [5.41, 5.74) is 2.92. The topological polar surface area (TPSA) is 79.0 Å². The van der Waals surface area contributed by atoms with Gasteiger partial charge in [-0.1, -0.05) is 34.1 Å². The van der Waals surface area contributed by atoms with Gasteiger partial charge < -0.3 is 19.9 Å². The van der Waals surface area contributed by atoms with Gasteiger partial charge in [0.1, 0.15) is 0 Å². The number of esters is 1. The molecule has 6 rings (SSSR count). The van der Waals surface area contributed by atoms with E-state index in [1.54, 1.807) is 14.1 Å². The summed E-state index contributed by atoms with van der Waals surface area (Å²) < 4.78 is 5.64. The van der Waals surface area contributed by atoms with Crippen molar-refractivity contribution in [3.8, 4) is 0 Å². The summed E-state index contributed by atoms with van der Waals surface area (Å²) in [6.45, 7) is 4.06. The third kappa shape index (κ3) is 7.65. The van der Waals surface area contributed by atoms with Crippen LogP contribution in [-0.2, 0) is 19.1 Å². The molecule has 4 aliphatic rings. The number of rotatable bonds is 9. The van der Waals surface area contributed by atoms with Crippen molar-refractivity contribution in [1.82, 2.24) is 4.90 Å². The largest absolute Gasteiger partial charge is 0.456 e. The molecule has 4 saturated carbocycles. The number of nitrogens with one attached hydrogen (secondary N) is 1. The van der Waals surface area contributed by atoms with E-state index in [0.29, 0.717) is 12.1 Å². The number of carbonyl (C=O) groups excluding carboxylic acids is 3. The van der Waals surface area contributed by atoms with Crippen molar-refractivity contribution in [2.24, 2.45) is 17.3 Å². The lowest BCUT2D eigenvalue weighted by atomic mass is 9.49. The summed E-state index contributed by atoms with van der Waals surface area (Å²) >= 11 is 4.00. The summed E-state index contributed by atoms with van der Waals surface area (Å²) in [5.74, 6) is 0.896. The molecule has 216 valence electrons. The minimum absolute atomic E-state index is 0.0536. The molecule has 4 aliphatic carbocycles. The van der Waals surface area contributed by atoms with E-state index in [-0.39, 0.29) is 34.3 Å². The molecule has 2 aromatic carbocycles. The number of nitrogens with zero attached hydrogens (tertiary/aromatic N) is 2. The van der Waals surface area contributed by atoms with Crippen LogP contribution in [0.15, 0.2) is 54.6 Å². The van der Waals surface area contributed by atoms with Crippen LogP contribution in [0.25, 0.3) is 0 Å². The Morgan fingerprint density at radius 3 is 2.10 bits per heavy atom.